The maximum absolute atomic E-state index is 11.4. The zero-order chi connectivity index (χ0) is 13.8. The van der Waals surface area contributed by atoms with Crippen molar-refractivity contribution in [3.63, 3.8) is 0 Å². The van der Waals surface area contributed by atoms with Crippen molar-refractivity contribution in [3.05, 3.63) is 29.8 Å². The van der Waals surface area contributed by atoms with Crippen LogP contribution in [0.15, 0.2) is 24.3 Å². The molecule has 0 aromatic heterocycles. The topological polar surface area (TPSA) is 107 Å². The van der Waals surface area contributed by atoms with Gasteiger partial charge in [-0.15, -0.1) is 0 Å². The fourth-order valence-corrected chi connectivity index (χ4v) is 1.24. The lowest BCUT2D eigenvalue weighted by Crippen LogP contribution is -2.44. The molecular formula is C12H17N3O3. The molecular weight excluding hydrogens is 234 g/mol. The molecule has 0 radical (unpaired) electrons. The number of nitrogens with one attached hydrogen (secondary N) is 1. The van der Waals surface area contributed by atoms with E-state index in [9.17, 15) is 9.59 Å². The molecule has 1 aromatic rings. The van der Waals surface area contributed by atoms with Crippen LogP contribution in [0.2, 0.25) is 0 Å². The smallest absolute Gasteiger partial charge is 0.248 e. The Kier molecular flexibility index (Phi) is 4.28. The number of rotatable bonds is 5. The number of carbonyl (C=O) groups excluding carboxylic acids is 2. The van der Waals surface area contributed by atoms with E-state index in [2.05, 4.69) is 5.43 Å². The van der Waals surface area contributed by atoms with Crippen LogP contribution >= 0.6 is 0 Å². The number of carbonyl (C=O) groups is 2. The molecule has 0 spiro atoms. The minimum absolute atomic E-state index is 0.173. The van der Waals surface area contributed by atoms with E-state index >= 15 is 0 Å². The minimum atomic E-state index is -0.739. The molecule has 6 nitrogen and oxygen atoms in total. The third-order valence-corrected chi connectivity index (χ3v) is 2.48. The van der Waals surface area contributed by atoms with Gasteiger partial charge >= 0.3 is 0 Å². The largest absolute Gasteiger partial charge is 0.492 e. The Morgan fingerprint density at radius 3 is 2.28 bits per heavy atom. The molecule has 0 fully saturated rings. The van der Waals surface area contributed by atoms with Gasteiger partial charge in [0.15, 0.2) is 0 Å². The second-order valence-electron chi connectivity index (χ2n) is 4.53. The van der Waals surface area contributed by atoms with Crippen molar-refractivity contribution in [3.8, 4) is 5.75 Å². The maximum Gasteiger partial charge on any atom is 0.248 e. The van der Waals surface area contributed by atoms with Gasteiger partial charge in [-0.3, -0.25) is 15.0 Å². The standard InChI is InChI=1S/C12H17N3O3/c1-12(2,11(17)15-14)7-18-9-5-3-8(4-6-9)10(13)16/h3-6H,7,14H2,1-2H3,(H2,13,16)(H,15,17). The Balaban J connectivity index is 2.64. The highest BCUT2D eigenvalue weighted by Gasteiger charge is 2.27. The summed E-state index contributed by atoms with van der Waals surface area (Å²) >= 11 is 0. The Hall–Kier alpha value is -2.08. The van der Waals surface area contributed by atoms with Gasteiger partial charge in [0.05, 0.1) is 5.41 Å². The van der Waals surface area contributed by atoms with Gasteiger partial charge in [-0.25, -0.2) is 5.84 Å². The number of hydrogen-bond donors (Lipinski definition) is 3. The molecule has 0 aliphatic rings. The Bertz CT molecular complexity index is 440. The van der Waals surface area contributed by atoms with E-state index in [0.29, 0.717) is 11.3 Å². The van der Waals surface area contributed by atoms with E-state index < -0.39 is 11.3 Å². The molecule has 0 unspecified atom stereocenters. The SMILES string of the molecule is CC(C)(COc1ccc(C(N)=O)cc1)C(=O)NN. The number of ether oxygens (including phenoxy) is 1. The molecule has 18 heavy (non-hydrogen) atoms. The van der Waals surface area contributed by atoms with Crippen LogP contribution in [0.25, 0.3) is 0 Å². The number of amides is 2. The molecule has 98 valence electrons. The molecule has 0 bridgehead atoms. The first-order chi connectivity index (χ1) is 8.36. The highest BCUT2D eigenvalue weighted by Crippen LogP contribution is 2.19. The summed E-state index contributed by atoms with van der Waals surface area (Å²) in [7, 11) is 0. The molecule has 5 N–H and O–H groups in total. The lowest BCUT2D eigenvalue weighted by atomic mass is 9.94. The molecule has 0 saturated carbocycles. The van der Waals surface area contributed by atoms with Crippen LogP contribution in [-0.2, 0) is 4.79 Å². The lowest BCUT2D eigenvalue weighted by Gasteiger charge is -2.22. The van der Waals surface area contributed by atoms with E-state index in [0.717, 1.165) is 0 Å². The average Bonchev–Trinajstić information content (AvgIpc) is 2.35. The van der Waals surface area contributed by atoms with Gasteiger partial charge in [-0.2, -0.15) is 0 Å². The lowest BCUT2D eigenvalue weighted by molar-refractivity contribution is -0.130. The minimum Gasteiger partial charge on any atom is -0.492 e. The van der Waals surface area contributed by atoms with Crippen LogP contribution < -0.4 is 21.7 Å². The number of nitrogens with two attached hydrogens (primary N) is 2. The van der Waals surface area contributed by atoms with Crippen molar-refractivity contribution in [1.82, 2.24) is 5.43 Å². The number of primary amides is 1. The fraction of sp³-hybridized carbons (Fsp3) is 0.333. The number of hydrogen-bond acceptors (Lipinski definition) is 4. The Morgan fingerprint density at radius 1 is 1.28 bits per heavy atom. The molecule has 1 aromatic carbocycles. The monoisotopic (exact) mass is 251 g/mol. The first-order valence-corrected chi connectivity index (χ1v) is 5.40. The van der Waals surface area contributed by atoms with Crippen LogP contribution in [0.1, 0.15) is 24.2 Å². The first kappa shape index (κ1) is 14.0. The summed E-state index contributed by atoms with van der Waals surface area (Å²) in [5.74, 6) is 4.82. The summed E-state index contributed by atoms with van der Waals surface area (Å²) in [5.41, 5.74) is 6.87. The highest BCUT2D eigenvalue weighted by atomic mass is 16.5. The maximum atomic E-state index is 11.4. The summed E-state index contributed by atoms with van der Waals surface area (Å²) < 4.78 is 5.46. The van der Waals surface area contributed by atoms with Crippen molar-refractivity contribution < 1.29 is 14.3 Å². The van der Waals surface area contributed by atoms with Crippen LogP contribution in [0.3, 0.4) is 0 Å². The van der Waals surface area contributed by atoms with Gasteiger partial charge in [-0.1, -0.05) is 0 Å². The molecule has 0 aliphatic heterocycles. The van der Waals surface area contributed by atoms with Crippen molar-refractivity contribution in [2.45, 2.75) is 13.8 Å². The van der Waals surface area contributed by atoms with E-state index in [1.165, 1.54) is 0 Å². The third kappa shape index (κ3) is 3.46. The first-order valence-electron chi connectivity index (χ1n) is 5.40. The summed E-state index contributed by atoms with van der Waals surface area (Å²) in [6.45, 7) is 3.60. The molecule has 6 heteroatoms. The predicted molar refractivity (Wildman–Crippen MR) is 66.6 cm³/mol. The van der Waals surface area contributed by atoms with Gasteiger partial charge in [0.25, 0.3) is 0 Å². The summed E-state index contributed by atoms with van der Waals surface area (Å²) in [4.78, 5) is 22.3. The predicted octanol–water partition coefficient (Wildman–Crippen LogP) is 0.180. The zero-order valence-electron chi connectivity index (χ0n) is 10.4. The molecule has 0 heterocycles. The van der Waals surface area contributed by atoms with Gasteiger partial charge in [-0.05, 0) is 38.1 Å². The second-order valence-corrected chi connectivity index (χ2v) is 4.53. The van der Waals surface area contributed by atoms with Crippen molar-refractivity contribution in [2.24, 2.45) is 17.0 Å². The van der Waals surface area contributed by atoms with Crippen LogP contribution in [0.5, 0.6) is 5.75 Å². The number of benzene rings is 1. The van der Waals surface area contributed by atoms with Gasteiger partial charge < -0.3 is 10.5 Å². The van der Waals surface area contributed by atoms with E-state index in [-0.39, 0.29) is 12.5 Å². The molecule has 2 amide bonds. The second kappa shape index (κ2) is 5.50. The zero-order valence-corrected chi connectivity index (χ0v) is 10.4. The van der Waals surface area contributed by atoms with E-state index in [1.54, 1.807) is 38.1 Å². The molecule has 0 saturated heterocycles. The quantitative estimate of drug-likeness (QED) is 0.394. The Morgan fingerprint density at radius 2 is 1.83 bits per heavy atom. The summed E-state index contributed by atoms with van der Waals surface area (Å²) in [5, 5.41) is 0. The van der Waals surface area contributed by atoms with Crippen LogP contribution in [0, 0.1) is 5.41 Å². The van der Waals surface area contributed by atoms with Crippen molar-refractivity contribution in [1.29, 1.82) is 0 Å². The average molecular weight is 251 g/mol. The van der Waals surface area contributed by atoms with Crippen molar-refractivity contribution in [2.75, 3.05) is 6.61 Å². The van der Waals surface area contributed by atoms with Crippen LogP contribution in [0.4, 0.5) is 0 Å². The Labute approximate surface area is 105 Å². The fourth-order valence-electron chi connectivity index (χ4n) is 1.24. The molecule has 0 atom stereocenters. The molecule has 0 aliphatic carbocycles. The number of hydrazine groups is 1. The van der Waals surface area contributed by atoms with Gasteiger partial charge in [0.2, 0.25) is 11.8 Å². The van der Waals surface area contributed by atoms with E-state index in [1.807, 2.05) is 0 Å². The van der Waals surface area contributed by atoms with Gasteiger partial charge in [0, 0.05) is 5.56 Å². The summed E-state index contributed by atoms with van der Waals surface area (Å²) in [6.07, 6.45) is 0. The molecule has 1 rings (SSSR count). The van der Waals surface area contributed by atoms with Crippen molar-refractivity contribution >= 4 is 11.8 Å². The third-order valence-electron chi connectivity index (χ3n) is 2.48. The highest BCUT2D eigenvalue weighted by molar-refractivity contribution is 5.92. The van der Waals surface area contributed by atoms with Crippen LogP contribution in [-0.4, -0.2) is 18.4 Å². The normalized spacial score (nSPS) is 10.8. The van der Waals surface area contributed by atoms with E-state index in [4.69, 9.17) is 16.3 Å². The van der Waals surface area contributed by atoms with Gasteiger partial charge in [0.1, 0.15) is 12.4 Å². The summed E-state index contributed by atoms with van der Waals surface area (Å²) in [6, 6.07) is 6.37.